The molecule has 70 heavy (non-hydrogen) atoms. The summed E-state index contributed by atoms with van der Waals surface area (Å²) in [5.74, 6) is -7.48. The molecule has 0 unspecified atom stereocenters. The lowest BCUT2D eigenvalue weighted by molar-refractivity contribution is -0.377. The molecule has 0 amide bonds. The molecule has 18 heteroatoms. The average molecular weight is 1000 g/mol. The quantitative estimate of drug-likeness (QED) is 0.166. The third kappa shape index (κ3) is 10.8. The van der Waals surface area contributed by atoms with E-state index in [2.05, 4.69) is 20.8 Å². The van der Waals surface area contributed by atoms with Gasteiger partial charge in [0, 0.05) is 77.1 Å². The first-order chi connectivity index (χ1) is 32.9. The van der Waals surface area contributed by atoms with Crippen LogP contribution in [0.4, 0.5) is 0 Å². The molecule has 8 aliphatic rings. The van der Waals surface area contributed by atoms with E-state index < -0.39 is 108 Å². The highest BCUT2D eigenvalue weighted by Crippen LogP contribution is 2.55. The van der Waals surface area contributed by atoms with Crippen LogP contribution in [-0.2, 0) is 66.4 Å². The molecule has 0 radical (unpaired) electrons. The molecule has 8 saturated heterocycles. The highest BCUT2D eigenvalue weighted by Gasteiger charge is 2.64. The summed E-state index contributed by atoms with van der Waals surface area (Å²) in [6.45, 7) is 19.5. The second-order valence-corrected chi connectivity index (χ2v) is 23.4. The van der Waals surface area contributed by atoms with Gasteiger partial charge in [0.2, 0.25) is 0 Å². The van der Waals surface area contributed by atoms with Gasteiger partial charge in [0.15, 0.2) is 29.9 Å². The zero-order chi connectivity index (χ0) is 50.9. The Balaban J connectivity index is 0.991. The van der Waals surface area contributed by atoms with Crippen molar-refractivity contribution in [2.75, 3.05) is 21.3 Å². The van der Waals surface area contributed by atoms with E-state index in [4.69, 9.17) is 61.6 Å². The van der Waals surface area contributed by atoms with Gasteiger partial charge in [0.1, 0.15) is 12.2 Å². The third-order valence-electron chi connectivity index (χ3n) is 18.4. The van der Waals surface area contributed by atoms with E-state index in [0.29, 0.717) is 51.4 Å². The maximum absolute atomic E-state index is 12.3. The molecule has 8 fully saturated rings. The maximum Gasteiger partial charge on any atom is 0.308 e. The first kappa shape index (κ1) is 55.1. The second kappa shape index (κ2) is 21.1. The minimum Gasteiger partial charge on any atom is -0.481 e. The fourth-order valence-corrected chi connectivity index (χ4v) is 13.7. The van der Waals surface area contributed by atoms with Crippen LogP contribution in [0.25, 0.3) is 0 Å². The lowest BCUT2D eigenvalue weighted by Crippen LogP contribution is -2.66. The molecule has 0 aromatic heterocycles. The zero-order valence-electron chi connectivity index (χ0n) is 44.1. The molecule has 0 saturated carbocycles. The Morgan fingerprint density at radius 1 is 0.700 bits per heavy atom. The number of rotatable bonds is 14. The van der Waals surface area contributed by atoms with Crippen molar-refractivity contribution in [3.63, 3.8) is 0 Å². The summed E-state index contributed by atoms with van der Waals surface area (Å²) in [4.78, 5) is 12.3. The van der Waals surface area contributed by atoms with Gasteiger partial charge >= 0.3 is 5.97 Å². The number of carboxylic acids is 1. The molecular formula is C52H88O18. The number of carboxylic acid groups (broad SMARTS) is 1. The van der Waals surface area contributed by atoms with Gasteiger partial charge in [-0.2, -0.15) is 0 Å². The van der Waals surface area contributed by atoms with Gasteiger partial charge in [-0.1, -0.05) is 34.6 Å². The van der Waals surface area contributed by atoms with Crippen molar-refractivity contribution in [3.05, 3.63) is 0 Å². The molecule has 8 aliphatic heterocycles. The van der Waals surface area contributed by atoms with Gasteiger partial charge in [0.25, 0.3) is 0 Å². The molecule has 26 atom stereocenters. The first-order valence-electron chi connectivity index (χ1n) is 26.5. The van der Waals surface area contributed by atoms with Gasteiger partial charge in [-0.15, -0.1) is 0 Å². The molecule has 4 N–H and O–H groups in total. The minimum atomic E-state index is -2.12. The van der Waals surface area contributed by atoms with Crippen LogP contribution in [0.3, 0.4) is 0 Å². The van der Waals surface area contributed by atoms with E-state index in [1.165, 1.54) is 0 Å². The SMILES string of the molecule is CO[C@@H]1[C@@H](O[C@H]2CC[C@H](OC)[C@@H](C)O2)[C@H](C)[C@@](O)(CC(=O)O)O[C@H]1[C@H](C)[C@H]1O[C@@]2(CC[C@@](C)([C@H]3CC[C@@](C)([C@@H]4O[C@@H]([C@H]5O[C@](C)(O)[C@H](C)C[C@@H]5C)C[C@@H]4O[C@H]4CC[C@H](OC)[C@@H](C)O4)O3)O2)C[C@H](O)[C@H]1C. The number of methoxy groups -OCH3 is 3. The average Bonchev–Trinajstić information content (AvgIpc) is 4.01. The largest absolute Gasteiger partial charge is 0.481 e. The van der Waals surface area contributed by atoms with Crippen LogP contribution in [0, 0.1) is 29.6 Å². The van der Waals surface area contributed by atoms with Crippen molar-refractivity contribution in [2.45, 2.75) is 273 Å². The van der Waals surface area contributed by atoms with E-state index in [1.807, 2.05) is 34.6 Å². The third-order valence-corrected chi connectivity index (χ3v) is 18.4. The van der Waals surface area contributed by atoms with Crippen molar-refractivity contribution < 1.29 is 86.8 Å². The lowest BCUT2D eigenvalue weighted by atomic mass is 9.75. The fourth-order valence-electron chi connectivity index (χ4n) is 13.7. The van der Waals surface area contributed by atoms with Crippen LogP contribution in [0.15, 0.2) is 0 Å². The van der Waals surface area contributed by atoms with Gasteiger partial charge in [-0.3, -0.25) is 4.79 Å². The molecule has 8 rings (SSSR count). The lowest BCUT2D eigenvalue weighted by Gasteiger charge is -2.54. The second-order valence-electron chi connectivity index (χ2n) is 23.4. The number of carbonyl (C=O) groups is 1. The molecular weight excluding hydrogens is 913 g/mol. The molecule has 0 aliphatic carbocycles. The Labute approximate surface area is 415 Å². The Kier molecular flexibility index (Phi) is 16.6. The molecule has 18 nitrogen and oxygen atoms in total. The minimum absolute atomic E-state index is 0.00895. The molecule has 1 spiro atoms. The Hall–Kier alpha value is -1.17. The summed E-state index contributed by atoms with van der Waals surface area (Å²) < 4.78 is 85.0. The maximum atomic E-state index is 12.3. The fraction of sp³-hybridized carbons (Fsp3) is 0.981. The van der Waals surface area contributed by atoms with Gasteiger partial charge < -0.3 is 82.0 Å². The van der Waals surface area contributed by atoms with Crippen molar-refractivity contribution in [1.82, 2.24) is 0 Å². The first-order valence-corrected chi connectivity index (χ1v) is 26.5. The normalized spacial score (nSPS) is 53.9. The van der Waals surface area contributed by atoms with Crippen molar-refractivity contribution >= 4 is 5.97 Å². The van der Waals surface area contributed by atoms with Crippen LogP contribution in [-0.4, -0.2) is 174 Å². The summed E-state index contributed by atoms with van der Waals surface area (Å²) in [7, 11) is 4.91. The van der Waals surface area contributed by atoms with Crippen LogP contribution >= 0.6 is 0 Å². The summed E-state index contributed by atoms with van der Waals surface area (Å²) in [5.41, 5.74) is -1.59. The Morgan fingerprint density at radius 2 is 1.34 bits per heavy atom. The van der Waals surface area contributed by atoms with Gasteiger partial charge in [-0.05, 0) is 79.1 Å². The highest BCUT2D eigenvalue weighted by atomic mass is 16.7. The van der Waals surface area contributed by atoms with Crippen molar-refractivity contribution in [2.24, 2.45) is 29.6 Å². The Morgan fingerprint density at radius 3 is 1.94 bits per heavy atom. The van der Waals surface area contributed by atoms with Crippen molar-refractivity contribution in [1.29, 1.82) is 0 Å². The zero-order valence-corrected chi connectivity index (χ0v) is 44.1. The summed E-state index contributed by atoms with van der Waals surface area (Å²) in [5, 5.41) is 45.3. The Bertz CT molecular complexity index is 1770. The van der Waals surface area contributed by atoms with Crippen LogP contribution in [0.2, 0.25) is 0 Å². The number of aliphatic hydroxyl groups excluding tert-OH is 1. The molecule has 0 aromatic rings. The van der Waals surface area contributed by atoms with E-state index in [0.717, 1.165) is 12.8 Å². The van der Waals surface area contributed by atoms with Gasteiger partial charge in [-0.25, -0.2) is 0 Å². The smallest absolute Gasteiger partial charge is 0.308 e. The van der Waals surface area contributed by atoms with Crippen LogP contribution in [0.5, 0.6) is 0 Å². The molecule has 0 aromatic carbocycles. The molecule has 404 valence electrons. The summed E-state index contributed by atoms with van der Waals surface area (Å²) in [6.07, 6.45) is -1.47. The number of ether oxygens (including phenoxy) is 13. The van der Waals surface area contributed by atoms with E-state index >= 15 is 0 Å². The van der Waals surface area contributed by atoms with Crippen LogP contribution in [0.1, 0.15) is 146 Å². The predicted octanol–water partition coefficient (Wildman–Crippen LogP) is 5.60. The van der Waals surface area contributed by atoms with Crippen molar-refractivity contribution in [3.8, 4) is 0 Å². The molecule has 0 bridgehead atoms. The van der Waals surface area contributed by atoms with Crippen LogP contribution < -0.4 is 0 Å². The van der Waals surface area contributed by atoms with E-state index in [1.54, 1.807) is 35.2 Å². The highest BCUT2D eigenvalue weighted by molar-refractivity contribution is 5.68. The topological polar surface area (TPSA) is 218 Å². The molecule has 8 heterocycles. The number of hydrogen-bond acceptors (Lipinski definition) is 17. The number of aliphatic hydroxyl groups is 3. The summed E-state index contributed by atoms with van der Waals surface area (Å²) in [6, 6.07) is 0. The number of hydrogen-bond donors (Lipinski definition) is 4. The summed E-state index contributed by atoms with van der Waals surface area (Å²) >= 11 is 0. The van der Waals surface area contributed by atoms with E-state index in [-0.39, 0.29) is 67.1 Å². The van der Waals surface area contributed by atoms with E-state index in [9.17, 15) is 25.2 Å². The number of aliphatic carboxylic acids is 1. The monoisotopic (exact) mass is 1000 g/mol. The predicted molar refractivity (Wildman–Crippen MR) is 250 cm³/mol. The van der Waals surface area contributed by atoms with Gasteiger partial charge in [0.05, 0.1) is 90.9 Å². The standard InChI is InChI=1S/C52H88O18/c1-26-22-27(2)50(10,56)67-42(26)36-23-37(63-40-16-14-34(58-11)31(6)61-40)47(64-36)49(9)19-18-38(66-49)48(8)20-21-51(70-48)24-33(53)28(3)43(68-51)29(4)44-46(60-13)45(30(5)52(57,69-44)25-39(54)55)65-41-17-15-35(59-12)32(7)62-41/h26-38,40-47,53,56-57H,14-25H2,1-13H3,(H,54,55)/t26-,27+,28+,29+,30-,31+,32+,33-,34-,35-,36+,37-,38+,40-,41-,42-,43-,44-,45-,46-,47+,48-,49-,50-,51+,52+/m0/s1.